The first-order chi connectivity index (χ1) is 24.0. The molecule has 2 aliphatic heterocycles. The number of benzene rings is 2. The number of ether oxygens (including phenoxy) is 5. The monoisotopic (exact) mass is 706 g/mol. The van der Waals surface area contributed by atoms with Crippen molar-refractivity contribution in [2.45, 2.75) is 101 Å². The number of aromatic hydroxyl groups is 1. The third-order valence-electron chi connectivity index (χ3n) is 10.1. The predicted molar refractivity (Wildman–Crippen MR) is 182 cm³/mol. The summed E-state index contributed by atoms with van der Waals surface area (Å²) in [5, 5.41) is 25.7. The van der Waals surface area contributed by atoms with Crippen molar-refractivity contribution in [1.82, 2.24) is 10.2 Å². The topological polar surface area (TPSA) is 170 Å². The van der Waals surface area contributed by atoms with Crippen LogP contribution in [0.4, 0.5) is 4.79 Å². The van der Waals surface area contributed by atoms with E-state index in [0.717, 1.165) is 11.1 Å². The molecule has 13 nitrogen and oxygen atoms in total. The fraction of sp³-hybridized carbons (Fsp3) is 0.526. The van der Waals surface area contributed by atoms with Crippen LogP contribution in [0.2, 0.25) is 0 Å². The highest BCUT2D eigenvalue weighted by Crippen LogP contribution is 2.65. The number of likely N-dealkylation sites (N-methyl/N-ethyl adjacent to an activating group) is 1. The van der Waals surface area contributed by atoms with Gasteiger partial charge >= 0.3 is 18.1 Å². The van der Waals surface area contributed by atoms with Crippen LogP contribution in [-0.2, 0) is 45.2 Å². The zero-order valence-electron chi connectivity index (χ0n) is 29.8. The van der Waals surface area contributed by atoms with Gasteiger partial charge in [-0.15, -0.1) is 0 Å². The highest BCUT2D eigenvalue weighted by molar-refractivity contribution is 5.91. The van der Waals surface area contributed by atoms with E-state index in [9.17, 15) is 29.4 Å². The number of carbonyl (C=O) groups excluding carboxylic acids is 4. The largest absolute Gasteiger partial charge is 0.509 e. The first-order valence-corrected chi connectivity index (χ1v) is 17.3. The summed E-state index contributed by atoms with van der Waals surface area (Å²) in [6.07, 6.45) is -1.33. The molecule has 0 saturated carbocycles. The average molecular weight is 707 g/mol. The molecule has 1 fully saturated rings. The molecule has 51 heavy (non-hydrogen) atoms. The number of phenolic OH excluding ortho intramolecular Hbond substituents is 1. The second-order valence-corrected chi connectivity index (χ2v) is 15.2. The van der Waals surface area contributed by atoms with E-state index < -0.39 is 65.3 Å². The lowest BCUT2D eigenvalue weighted by molar-refractivity contribution is -0.170. The molecule has 2 heterocycles. The first kappa shape index (κ1) is 36.2. The van der Waals surface area contributed by atoms with Gasteiger partial charge in [-0.25, -0.2) is 9.59 Å². The Labute approximate surface area is 296 Å². The maximum absolute atomic E-state index is 13.7. The Bertz CT molecular complexity index is 1730. The van der Waals surface area contributed by atoms with Crippen LogP contribution in [0, 0.1) is 5.92 Å². The Balaban J connectivity index is 1.25. The summed E-state index contributed by atoms with van der Waals surface area (Å²) in [5.74, 6) is -2.33. The van der Waals surface area contributed by atoms with Crippen molar-refractivity contribution in [3.05, 3.63) is 71.0 Å². The number of amides is 1. The minimum absolute atomic E-state index is 0.0264. The van der Waals surface area contributed by atoms with Crippen molar-refractivity contribution in [3.63, 3.8) is 0 Å². The number of hydrogen-bond donors (Lipinski definition) is 3. The molecule has 6 rings (SSSR count). The van der Waals surface area contributed by atoms with Crippen molar-refractivity contribution >= 4 is 24.0 Å². The van der Waals surface area contributed by atoms with Crippen molar-refractivity contribution in [3.8, 4) is 11.5 Å². The summed E-state index contributed by atoms with van der Waals surface area (Å²) in [6, 6.07) is 9.86. The Morgan fingerprint density at radius 3 is 2.51 bits per heavy atom. The van der Waals surface area contributed by atoms with Crippen LogP contribution < -0.4 is 10.1 Å². The van der Waals surface area contributed by atoms with Gasteiger partial charge in [0.15, 0.2) is 17.6 Å². The van der Waals surface area contributed by atoms with Gasteiger partial charge in [0.2, 0.25) is 6.10 Å². The first-order valence-electron chi connectivity index (χ1n) is 17.3. The molecule has 1 spiro atoms. The summed E-state index contributed by atoms with van der Waals surface area (Å²) in [4.78, 5) is 55.6. The third-order valence-corrected chi connectivity index (χ3v) is 10.1. The van der Waals surface area contributed by atoms with E-state index in [4.69, 9.17) is 23.7 Å². The molecule has 2 aliphatic carbocycles. The molecule has 1 amide bonds. The van der Waals surface area contributed by atoms with E-state index in [0.29, 0.717) is 24.9 Å². The van der Waals surface area contributed by atoms with Crippen LogP contribution in [0.15, 0.2) is 54.3 Å². The molecule has 1 saturated heterocycles. The Morgan fingerprint density at radius 2 is 1.82 bits per heavy atom. The van der Waals surface area contributed by atoms with Gasteiger partial charge in [-0.2, -0.15) is 0 Å². The number of nitrogens with one attached hydrogen (secondary N) is 1. The van der Waals surface area contributed by atoms with Gasteiger partial charge < -0.3 is 44.1 Å². The number of aliphatic hydroxyl groups is 1. The van der Waals surface area contributed by atoms with E-state index in [1.807, 2.05) is 27.0 Å². The predicted octanol–water partition coefficient (Wildman–Crippen LogP) is 3.98. The Morgan fingerprint density at radius 1 is 1.10 bits per heavy atom. The van der Waals surface area contributed by atoms with E-state index in [1.165, 1.54) is 0 Å². The van der Waals surface area contributed by atoms with Crippen molar-refractivity contribution in [2.24, 2.45) is 5.92 Å². The Kier molecular flexibility index (Phi) is 9.57. The average Bonchev–Trinajstić information content (AvgIpc) is 3.42. The second-order valence-electron chi connectivity index (χ2n) is 15.2. The van der Waals surface area contributed by atoms with Crippen LogP contribution in [-0.4, -0.2) is 88.7 Å². The number of hydrogen-bond acceptors (Lipinski definition) is 12. The van der Waals surface area contributed by atoms with Crippen LogP contribution in [0.3, 0.4) is 0 Å². The quantitative estimate of drug-likeness (QED) is 0.240. The fourth-order valence-electron chi connectivity index (χ4n) is 7.84. The van der Waals surface area contributed by atoms with E-state index in [2.05, 4.69) is 10.2 Å². The minimum Gasteiger partial charge on any atom is -0.504 e. The molecule has 2 aromatic rings. The SMILES string of the molecule is CC(C)COC(=O)[C@H](CC(=O)OC1=CC[C@@]2(O)[C@H]3Cc4ccc(O)c5c4[C@@]2(CCN3C)[C@H]1O5)NC(=O)[C@@H](OC(=O)OC(C)(C)C)c1ccccc1. The minimum atomic E-state index is -1.52. The van der Waals surface area contributed by atoms with Crippen LogP contribution >= 0.6 is 0 Å². The van der Waals surface area contributed by atoms with E-state index in [-0.39, 0.29) is 42.2 Å². The van der Waals surface area contributed by atoms with Gasteiger partial charge in [0.05, 0.1) is 24.0 Å². The molecular formula is C38H46N2O11. The van der Waals surface area contributed by atoms with E-state index in [1.54, 1.807) is 63.2 Å². The maximum atomic E-state index is 13.7. The molecule has 4 aliphatic rings. The lowest BCUT2D eigenvalue weighted by atomic mass is 9.50. The zero-order chi connectivity index (χ0) is 36.9. The highest BCUT2D eigenvalue weighted by Gasteiger charge is 2.72. The van der Waals surface area contributed by atoms with Crippen molar-refractivity contribution < 1.29 is 53.1 Å². The maximum Gasteiger partial charge on any atom is 0.509 e. The molecule has 0 unspecified atom stereocenters. The summed E-state index contributed by atoms with van der Waals surface area (Å²) in [6.45, 7) is 9.30. The molecule has 6 atom stereocenters. The number of carbonyl (C=O) groups is 4. The zero-order valence-corrected chi connectivity index (χ0v) is 29.8. The van der Waals surface area contributed by atoms with Gasteiger partial charge in [0.1, 0.15) is 17.4 Å². The van der Waals surface area contributed by atoms with Crippen LogP contribution in [0.1, 0.15) is 76.7 Å². The smallest absolute Gasteiger partial charge is 0.504 e. The van der Waals surface area contributed by atoms with E-state index >= 15 is 0 Å². The van der Waals surface area contributed by atoms with Crippen LogP contribution in [0.25, 0.3) is 0 Å². The standard InChI is InChI=1S/C38H46N2O11/c1-21(2)20-47-34(44)24(39-33(43)30(22-10-8-7-9-11-22)50-35(45)51-36(3,4)5)19-28(42)48-26-14-15-38(46)27-18-23-12-13-25(41)31-29(23)37(38,32(26)49-31)16-17-40(27)6/h7-14,21,24,27,30,32,41,46H,15-20H2,1-6H3,(H,39,43)/t24-,27+,30-,32-,37-,38+/m0/s1. The van der Waals surface area contributed by atoms with Crippen molar-refractivity contribution in [1.29, 1.82) is 0 Å². The second kappa shape index (κ2) is 13.5. The summed E-state index contributed by atoms with van der Waals surface area (Å²) >= 11 is 0. The summed E-state index contributed by atoms with van der Waals surface area (Å²) < 4.78 is 28.4. The molecule has 274 valence electrons. The molecule has 2 bridgehead atoms. The van der Waals surface area contributed by atoms with Gasteiger partial charge in [0, 0.05) is 23.6 Å². The number of piperidine rings is 1. The number of phenols is 1. The lowest BCUT2D eigenvalue weighted by Crippen LogP contribution is -2.74. The molecule has 3 N–H and O–H groups in total. The van der Waals surface area contributed by atoms with Crippen molar-refractivity contribution in [2.75, 3.05) is 20.2 Å². The number of rotatable bonds is 10. The molecular weight excluding hydrogens is 660 g/mol. The Hall–Kier alpha value is -4.62. The molecule has 13 heteroatoms. The summed E-state index contributed by atoms with van der Waals surface area (Å²) in [5.41, 5.74) is -1.15. The number of likely N-dealkylation sites (tertiary alicyclic amines) is 1. The normalized spacial score (nSPS) is 25.8. The molecule has 2 aromatic carbocycles. The lowest BCUT2D eigenvalue weighted by Gasteiger charge is -2.61. The summed E-state index contributed by atoms with van der Waals surface area (Å²) in [7, 11) is 1.97. The van der Waals surface area contributed by atoms with Gasteiger partial charge in [-0.1, -0.05) is 50.2 Å². The molecule has 0 aromatic heterocycles. The number of nitrogens with zero attached hydrogens (tertiary/aromatic N) is 1. The fourth-order valence-corrected chi connectivity index (χ4v) is 7.84. The van der Waals surface area contributed by atoms with Gasteiger partial charge in [-0.3, -0.25) is 9.59 Å². The third kappa shape index (κ3) is 6.64. The molecule has 0 radical (unpaired) electrons. The van der Waals surface area contributed by atoms with Crippen LogP contribution in [0.5, 0.6) is 11.5 Å². The number of esters is 2. The van der Waals surface area contributed by atoms with Gasteiger partial charge in [0.25, 0.3) is 5.91 Å². The van der Waals surface area contributed by atoms with Gasteiger partial charge in [-0.05, 0) is 70.8 Å². The highest BCUT2D eigenvalue weighted by atomic mass is 16.7.